The molecule has 0 aromatic heterocycles. The Hall–Kier alpha value is -4.53. The van der Waals surface area contributed by atoms with Gasteiger partial charge in [0.15, 0.2) is 0 Å². The first kappa shape index (κ1) is 29.9. The van der Waals surface area contributed by atoms with Crippen molar-refractivity contribution in [1.29, 1.82) is 0 Å². The van der Waals surface area contributed by atoms with Gasteiger partial charge in [-0.15, -0.1) is 0 Å². The Morgan fingerprint density at radius 1 is 0.814 bits per heavy atom. The third-order valence-corrected chi connectivity index (χ3v) is 7.64. The van der Waals surface area contributed by atoms with Crippen molar-refractivity contribution >= 4 is 46.8 Å². The number of halogens is 2. The lowest BCUT2D eigenvalue weighted by Crippen LogP contribution is -2.53. The fourth-order valence-electron chi connectivity index (χ4n) is 5.05. The van der Waals surface area contributed by atoms with E-state index in [2.05, 4.69) is 5.32 Å². The van der Waals surface area contributed by atoms with E-state index >= 15 is 0 Å². The first-order valence-corrected chi connectivity index (χ1v) is 14.4. The fourth-order valence-corrected chi connectivity index (χ4v) is 5.52. The van der Waals surface area contributed by atoms with E-state index in [4.69, 9.17) is 27.9 Å². The molecule has 1 aliphatic rings. The molecule has 0 saturated carbocycles. The number of nitrogens with one attached hydrogen (secondary N) is 1. The van der Waals surface area contributed by atoms with Crippen molar-refractivity contribution in [3.05, 3.63) is 124 Å². The Morgan fingerprint density at radius 2 is 1.44 bits per heavy atom. The van der Waals surface area contributed by atoms with Crippen molar-refractivity contribution < 1.29 is 24.2 Å². The van der Waals surface area contributed by atoms with Crippen LogP contribution < -0.4 is 10.1 Å². The number of anilines is 1. The molecule has 2 N–H and O–H groups in total. The standard InChI is InChI=1S/C33H29Cl2N3O5/c34-25-11-10-24(30(35)17-25)21-38-19-22(16-31(39)40)18-37(33(38)42)20-23-6-4-5-9-29(23)32(41)36-26-12-14-28(15-13-26)43-27-7-2-1-3-8-27/h1-15,17,22H,16,18-21H2,(H,36,41)(H,39,40). The number of amides is 3. The number of carboxylic acids is 1. The molecule has 5 rings (SSSR count). The number of benzene rings is 4. The van der Waals surface area contributed by atoms with E-state index in [1.165, 1.54) is 0 Å². The molecule has 0 bridgehead atoms. The highest BCUT2D eigenvalue weighted by Gasteiger charge is 2.33. The van der Waals surface area contributed by atoms with E-state index in [1.54, 1.807) is 76.5 Å². The Kier molecular flexibility index (Phi) is 9.49. The first-order chi connectivity index (χ1) is 20.7. The molecule has 1 aliphatic heterocycles. The molecule has 4 aromatic rings. The number of urea groups is 1. The van der Waals surface area contributed by atoms with Crippen LogP contribution in [0.2, 0.25) is 10.0 Å². The maximum atomic E-state index is 13.6. The summed E-state index contributed by atoms with van der Waals surface area (Å²) in [5.41, 5.74) is 2.34. The van der Waals surface area contributed by atoms with E-state index in [0.717, 1.165) is 0 Å². The predicted octanol–water partition coefficient (Wildman–Crippen LogP) is 7.57. The molecule has 3 amide bonds. The molecule has 0 aliphatic carbocycles. The van der Waals surface area contributed by atoms with Gasteiger partial charge < -0.3 is 25.0 Å². The van der Waals surface area contributed by atoms with Crippen LogP contribution in [-0.4, -0.2) is 45.9 Å². The minimum Gasteiger partial charge on any atom is -0.481 e. The van der Waals surface area contributed by atoms with E-state index in [0.29, 0.717) is 43.9 Å². The highest BCUT2D eigenvalue weighted by molar-refractivity contribution is 6.35. The zero-order chi connectivity index (χ0) is 30.3. The molecule has 1 saturated heterocycles. The third-order valence-electron chi connectivity index (χ3n) is 7.05. The van der Waals surface area contributed by atoms with Crippen LogP contribution in [0.3, 0.4) is 0 Å². The number of para-hydroxylation sites is 1. The minimum absolute atomic E-state index is 0.0965. The molecule has 0 radical (unpaired) electrons. The summed E-state index contributed by atoms with van der Waals surface area (Å²) >= 11 is 12.4. The summed E-state index contributed by atoms with van der Waals surface area (Å²) in [6, 6.07) is 28.3. The van der Waals surface area contributed by atoms with Gasteiger partial charge in [0.1, 0.15) is 11.5 Å². The monoisotopic (exact) mass is 617 g/mol. The molecular formula is C33H29Cl2N3O5. The summed E-state index contributed by atoms with van der Waals surface area (Å²) in [4.78, 5) is 41.7. The average Bonchev–Trinajstić information content (AvgIpc) is 2.98. The van der Waals surface area contributed by atoms with E-state index in [-0.39, 0.29) is 50.5 Å². The smallest absolute Gasteiger partial charge is 0.320 e. The van der Waals surface area contributed by atoms with Gasteiger partial charge in [0.25, 0.3) is 5.91 Å². The Bertz CT molecular complexity index is 1610. The van der Waals surface area contributed by atoms with Crippen molar-refractivity contribution in [2.24, 2.45) is 5.92 Å². The highest BCUT2D eigenvalue weighted by Crippen LogP contribution is 2.28. The molecule has 1 heterocycles. The SMILES string of the molecule is O=C(O)CC1CN(Cc2ccc(Cl)cc2Cl)C(=O)N(Cc2ccccc2C(=O)Nc2ccc(Oc3ccccc3)cc2)C1. The molecule has 1 atom stereocenters. The maximum absolute atomic E-state index is 13.6. The molecule has 4 aromatic carbocycles. The second kappa shape index (κ2) is 13.6. The third kappa shape index (κ3) is 7.85. The van der Waals surface area contributed by atoms with E-state index in [1.807, 2.05) is 30.3 Å². The second-order valence-electron chi connectivity index (χ2n) is 10.3. The van der Waals surface area contributed by atoms with Crippen molar-refractivity contribution in [3.63, 3.8) is 0 Å². The van der Waals surface area contributed by atoms with Crippen molar-refractivity contribution in [1.82, 2.24) is 9.80 Å². The minimum atomic E-state index is -0.941. The van der Waals surface area contributed by atoms with Gasteiger partial charge in [0, 0.05) is 53.4 Å². The maximum Gasteiger partial charge on any atom is 0.320 e. The Labute approximate surface area is 259 Å². The number of hydrogen-bond acceptors (Lipinski definition) is 4. The number of carboxylic acid groups (broad SMARTS) is 1. The normalized spacial score (nSPS) is 14.8. The lowest BCUT2D eigenvalue weighted by atomic mass is 9.99. The van der Waals surface area contributed by atoms with Crippen LogP contribution in [0, 0.1) is 5.92 Å². The molecule has 0 spiro atoms. The summed E-state index contributed by atoms with van der Waals surface area (Å²) in [5, 5.41) is 13.3. The lowest BCUT2D eigenvalue weighted by Gasteiger charge is -2.40. The topological polar surface area (TPSA) is 99.2 Å². The van der Waals surface area contributed by atoms with Crippen LogP contribution in [0.5, 0.6) is 11.5 Å². The van der Waals surface area contributed by atoms with Gasteiger partial charge in [-0.25, -0.2) is 4.79 Å². The van der Waals surface area contributed by atoms with Crippen molar-refractivity contribution in [3.8, 4) is 11.5 Å². The molecule has 43 heavy (non-hydrogen) atoms. The molecule has 8 nitrogen and oxygen atoms in total. The van der Waals surface area contributed by atoms with Crippen LogP contribution in [-0.2, 0) is 17.9 Å². The van der Waals surface area contributed by atoms with Gasteiger partial charge in [-0.05, 0) is 65.7 Å². The summed E-state index contributed by atoms with van der Waals surface area (Å²) in [6.45, 7) is 0.850. The summed E-state index contributed by atoms with van der Waals surface area (Å²) in [6.07, 6.45) is -0.0965. The van der Waals surface area contributed by atoms with Gasteiger partial charge >= 0.3 is 12.0 Å². The second-order valence-corrected chi connectivity index (χ2v) is 11.1. The Balaban J connectivity index is 1.30. The van der Waals surface area contributed by atoms with Crippen LogP contribution in [0.15, 0.2) is 97.1 Å². The van der Waals surface area contributed by atoms with Crippen molar-refractivity contribution in [2.45, 2.75) is 19.5 Å². The number of rotatable bonds is 10. The quantitative estimate of drug-likeness (QED) is 0.191. The fraction of sp³-hybridized carbons (Fsp3) is 0.182. The molecule has 1 unspecified atom stereocenters. The van der Waals surface area contributed by atoms with Gasteiger partial charge in [0.05, 0.1) is 6.42 Å². The Morgan fingerprint density at radius 3 is 2.12 bits per heavy atom. The summed E-state index contributed by atoms with van der Waals surface area (Å²) in [7, 11) is 0. The molecule has 10 heteroatoms. The largest absolute Gasteiger partial charge is 0.481 e. The van der Waals surface area contributed by atoms with Crippen LogP contribution in [0.1, 0.15) is 27.9 Å². The van der Waals surface area contributed by atoms with E-state index in [9.17, 15) is 19.5 Å². The van der Waals surface area contributed by atoms with Crippen molar-refractivity contribution in [2.75, 3.05) is 18.4 Å². The highest BCUT2D eigenvalue weighted by atomic mass is 35.5. The number of nitrogens with zero attached hydrogens (tertiary/aromatic N) is 2. The lowest BCUT2D eigenvalue weighted by molar-refractivity contribution is -0.138. The number of carbonyl (C=O) groups is 3. The van der Waals surface area contributed by atoms with Gasteiger partial charge in [-0.2, -0.15) is 0 Å². The van der Waals surface area contributed by atoms with Gasteiger partial charge in [-0.1, -0.05) is 65.7 Å². The number of aliphatic carboxylic acids is 1. The van der Waals surface area contributed by atoms with Crippen LogP contribution >= 0.6 is 23.2 Å². The van der Waals surface area contributed by atoms with Crippen LogP contribution in [0.25, 0.3) is 0 Å². The van der Waals surface area contributed by atoms with Crippen LogP contribution in [0.4, 0.5) is 10.5 Å². The number of hydrogen-bond donors (Lipinski definition) is 2. The average molecular weight is 619 g/mol. The zero-order valence-corrected chi connectivity index (χ0v) is 24.6. The number of carbonyl (C=O) groups excluding carboxylic acids is 2. The van der Waals surface area contributed by atoms with Gasteiger partial charge in [-0.3, -0.25) is 9.59 Å². The number of ether oxygens (including phenoxy) is 1. The zero-order valence-electron chi connectivity index (χ0n) is 23.1. The van der Waals surface area contributed by atoms with Gasteiger partial charge in [0.2, 0.25) is 0 Å². The summed E-state index contributed by atoms with van der Waals surface area (Å²) in [5.74, 6) is -0.235. The molecule has 1 fully saturated rings. The first-order valence-electron chi connectivity index (χ1n) is 13.7. The predicted molar refractivity (Wildman–Crippen MR) is 166 cm³/mol. The van der Waals surface area contributed by atoms with E-state index < -0.39 is 5.97 Å². The molecule has 220 valence electrons. The summed E-state index contributed by atoms with van der Waals surface area (Å²) < 4.78 is 5.82. The molecular weight excluding hydrogens is 589 g/mol.